The number of nitrogens with zero attached hydrogens (tertiary/aromatic N) is 1. The van der Waals surface area contributed by atoms with Crippen LogP contribution in [0.3, 0.4) is 0 Å². The van der Waals surface area contributed by atoms with Crippen LogP contribution in [0.25, 0.3) is 0 Å². The zero-order chi connectivity index (χ0) is 17.1. The van der Waals surface area contributed by atoms with Crippen LogP contribution in [0.2, 0.25) is 0 Å². The lowest BCUT2D eigenvalue weighted by Crippen LogP contribution is -2.42. The zero-order valence-corrected chi connectivity index (χ0v) is 14.0. The van der Waals surface area contributed by atoms with Gasteiger partial charge in [-0.3, -0.25) is 14.5 Å². The van der Waals surface area contributed by atoms with Crippen LogP contribution >= 0.6 is 0 Å². The number of rotatable bonds is 4. The summed E-state index contributed by atoms with van der Waals surface area (Å²) < 4.78 is 5.13. The van der Waals surface area contributed by atoms with Gasteiger partial charge in [-0.05, 0) is 30.2 Å². The molecule has 0 bridgehead atoms. The summed E-state index contributed by atoms with van der Waals surface area (Å²) in [6.45, 7) is 2.35. The van der Waals surface area contributed by atoms with Gasteiger partial charge in [0, 0.05) is 18.8 Å². The van der Waals surface area contributed by atoms with Crippen molar-refractivity contribution in [2.24, 2.45) is 0 Å². The number of amides is 2. The fraction of sp³-hybridized carbons (Fsp3) is 0.300. The van der Waals surface area contributed by atoms with Crippen molar-refractivity contribution in [3.63, 3.8) is 0 Å². The summed E-state index contributed by atoms with van der Waals surface area (Å²) in [4.78, 5) is 26.3. The van der Waals surface area contributed by atoms with Gasteiger partial charge in [-0.2, -0.15) is 0 Å². The molecule has 1 aliphatic rings. The maximum absolute atomic E-state index is 12.5. The SMILES string of the molecule is COc1ccc(CN2C(=O)CC(c3ccc(C)cc3)CC2=O)cc1. The van der Waals surface area contributed by atoms with Crippen LogP contribution in [0.4, 0.5) is 0 Å². The Morgan fingerprint density at radius 1 is 0.958 bits per heavy atom. The first-order valence-corrected chi connectivity index (χ1v) is 8.09. The molecule has 4 nitrogen and oxygen atoms in total. The van der Waals surface area contributed by atoms with Crippen molar-refractivity contribution in [3.05, 3.63) is 65.2 Å². The van der Waals surface area contributed by atoms with Gasteiger partial charge in [-0.25, -0.2) is 0 Å². The van der Waals surface area contributed by atoms with Gasteiger partial charge in [0.1, 0.15) is 5.75 Å². The fourth-order valence-corrected chi connectivity index (χ4v) is 3.02. The van der Waals surface area contributed by atoms with E-state index in [9.17, 15) is 9.59 Å². The van der Waals surface area contributed by atoms with E-state index in [1.807, 2.05) is 55.5 Å². The Morgan fingerprint density at radius 3 is 2.08 bits per heavy atom. The van der Waals surface area contributed by atoms with E-state index in [0.717, 1.165) is 16.9 Å². The number of hydrogen-bond donors (Lipinski definition) is 0. The maximum atomic E-state index is 12.5. The molecule has 0 spiro atoms. The number of carbonyl (C=O) groups excluding carboxylic acids is 2. The molecule has 2 aromatic carbocycles. The Morgan fingerprint density at radius 2 is 1.54 bits per heavy atom. The summed E-state index contributed by atoms with van der Waals surface area (Å²) in [6.07, 6.45) is 0.760. The molecular weight excluding hydrogens is 302 g/mol. The lowest BCUT2D eigenvalue weighted by molar-refractivity contribution is -0.149. The lowest BCUT2D eigenvalue weighted by atomic mass is 9.88. The Labute approximate surface area is 142 Å². The number of benzene rings is 2. The molecule has 1 aliphatic heterocycles. The van der Waals surface area contributed by atoms with Gasteiger partial charge in [0.2, 0.25) is 11.8 Å². The average Bonchev–Trinajstić information content (AvgIpc) is 2.59. The molecule has 3 rings (SSSR count). The highest BCUT2D eigenvalue weighted by Gasteiger charge is 2.33. The number of aryl methyl sites for hydroxylation is 1. The predicted molar refractivity (Wildman–Crippen MR) is 91.7 cm³/mol. The van der Waals surface area contributed by atoms with Crippen LogP contribution in [0, 0.1) is 6.92 Å². The Kier molecular flexibility index (Phi) is 4.65. The monoisotopic (exact) mass is 323 g/mol. The van der Waals surface area contributed by atoms with E-state index in [0.29, 0.717) is 19.4 Å². The number of likely N-dealkylation sites (tertiary alicyclic amines) is 1. The van der Waals surface area contributed by atoms with Crippen molar-refractivity contribution in [1.82, 2.24) is 4.90 Å². The molecule has 24 heavy (non-hydrogen) atoms. The quantitative estimate of drug-likeness (QED) is 0.810. The van der Waals surface area contributed by atoms with Gasteiger partial charge in [0.15, 0.2) is 0 Å². The summed E-state index contributed by atoms with van der Waals surface area (Å²) in [6, 6.07) is 15.5. The average molecular weight is 323 g/mol. The Bertz CT molecular complexity index is 716. The zero-order valence-electron chi connectivity index (χ0n) is 14.0. The minimum atomic E-state index is -0.104. The molecule has 2 amide bonds. The molecule has 0 saturated carbocycles. The molecule has 2 aromatic rings. The van der Waals surface area contributed by atoms with Crippen molar-refractivity contribution < 1.29 is 14.3 Å². The highest BCUT2D eigenvalue weighted by Crippen LogP contribution is 2.30. The standard InChI is InChI=1S/C20H21NO3/c1-14-3-7-16(8-4-14)17-11-19(22)21(20(23)12-17)13-15-5-9-18(24-2)10-6-15/h3-10,17H,11-13H2,1-2H3. The summed E-state index contributed by atoms with van der Waals surface area (Å²) in [5, 5.41) is 0. The number of piperidine rings is 1. The summed E-state index contributed by atoms with van der Waals surface area (Å²) >= 11 is 0. The van der Waals surface area contributed by atoms with Crippen LogP contribution < -0.4 is 4.74 Å². The smallest absolute Gasteiger partial charge is 0.230 e. The molecule has 0 aromatic heterocycles. The third-order valence-corrected chi connectivity index (χ3v) is 4.49. The summed E-state index contributed by atoms with van der Waals surface area (Å²) in [5.41, 5.74) is 3.16. The normalized spacial score (nSPS) is 15.7. The first-order chi connectivity index (χ1) is 11.6. The van der Waals surface area contributed by atoms with E-state index in [1.165, 1.54) is 10.5 Å². The first kappa shape index (κ1) is 16.2. The fourth-order valence-electron chi connectivity index (χ4n) is 3.02. The number of methoxy groups -OCH3 is 1. The number of imide groups is 1. The third kappa shape index (κ3) is 3.48. The molecule has 1 fully saturated rings. The van der Waals surface area contributed by atoms with Crippen molar-refractivity contribution >= 4 is 11.8 Å². The van der Waals surface area contributed by atoms with Crippen LogP contribution in [0.15, 0.2) is 48.5 Å². The molecular formula is C20H21NO3. The third-order valence-electron chi connectivity index (χ3n) is 4.49. The second-order valence-electron chi connectivity index (χ2n) is 6.24. The molecule has 0 unspecified atom stereocenters. The molecule has 0 N–H and O–H groups in total. The topological polar surface area (TPSA) is 46.6 Å². The molecule has 0 radical (unpaired) electrons. The number of carbonyl (C=O) groups is 2. The first-order valence-electron chi connectivity index (χ1n) is 8.09. The minimum Gasteiger partial charge on any atom is -0.497 e. The highest BCUT2D eigenvalue weighted by molar-refractivity contribution is 5.98. The van der Waals surface area contributed by atoms with E-state index < -0.39 is 0 Å². The van der Waals surface area contributed by atoms with Crippen molar-refractivity contribution in [1.29, 1.82) is 0 Å². The molecule has 0 aliphatic carbocycles. The summed E-state index contributed by atoms with van der Waals surface area (Å²) in [5.74, 6) is 0.535. The number of ether oxygens (including phenoxy) is 1. The molecule has 124 valence electrons. The van der Waals surface area contributed by atoms with Gasteiger partial charge in [0.05, 0.1) is 13.7 Å². The molecule has 4 heteroatoms. The van der Waals surface area contributed by atoms with E-state index in [1.54, 1.807) is 7.11 Å². The van der Waals surface area contributed by atoms with Crippen LogP contribution in [0.1, 0.15) is 35.4 Å². The second kappa shape index (κ2) is 6.87. The molecule has 1 saturated heterocycles. The van der Waals surface area contributed by atoms with Crippen LogP contribution in [0.5, 0.6) is 5.75 Å². The van der Waals surface area contributed by atoms with Crippen LogP contribution in [-0.4, -0.2) is 23.8 Å². The molecule has 0 atom stereocenters. The van der Waals surface area contributed by atoms with Crippen LogP contribution in [-0.2, 0) is 16.1 Å². The van der Waals surface area contributed by atoms with E-state index in [4.69, 9.17) is 4.74 Å². The van der Waals surface area contributed by atoms with Gasteiger partial charge < -0.3 is 4.74 Å². The number of hydrogen-bond acceptors (Lipinski definition) is 3. The minimum absolute atomic E-state index is 0.0160. The highest BCUT2D eigenvalue weighted by atomic mass is 16.5. The van der Waals surface area contributed by atoms with Gasteiger partial charge in [-0.15, -0.1) is 0 Å². The second-order valence-corrected chi connectivity index (χ2v) is 6.24. The molecule has 1 heterocycles. The maximum Gasteiger partial charge on any atom is 0.230 e. The van der Waals surface area contributed by atoms with Crippen molar-refractivity contribution in [2.45, 2.75) is 32.2 Å². The Hall–Kier alpha value is -2.62. The van der Waals surface area contributed by atoms with E-state index in [-0.39, 0.29) is 17.7 Å². The van der Waals surface area contributed by atoms with Crippen molar-refractivity contribution in [2.75, 3.05) is 7.11 Å². The van der Waals surface area contributed by atoms with Gasteiger partial charge in [0.25, 0.3) is 0 Å². The van der Waals surface area contributed by atoms with Gasteiger partial charge in [-0.1, -0.05) is 42.0 Å². The lowest BCUT2D eigenvalue weighted by Gasteiger charge is -2.30. The Balaban J connectivity index is 1.70. The summed E-state index contributed by atoms with van der Waals surface area (Å²) in [7, 11) is 1.61. The van der Waals surface area contributed by atoms with Gasteiger partial charge >= 0.3 is 0 Å². The predicted octanol–water partition coefficient (Wildman–Crippen LogP) is 3.44. The van der Waals surface area contributed by atoms with E-state index >= 15 is 0 Å². The van der Waals surface area contributed by atoms with E-state index in [2.05, 4.69) is 0 Å². The largest absolute Gasteiger partial charge is 0.497 e. The van der Waals surface area contributed by atoms with Crippen molar-refractivity contribution in [3.8, 4) is 5.75 Å².